The van der Waals surface area contributed by atoms with Crippen LogP contribution in [-0.4, -0.2) is 29.7 Å². The molecule has 98 valence electrons. The van der Waals surface area contributed by atoms with Crippen LogP contribution in [0.3, 0.4) is 0 Å². The molecule has 1 aromatic carbocycles. The minimum Gasteiger partial charge on any atom is -0.480 e. The molecule has 0 amide bonds. The summed E-state index contributed by atoms with van der Waals surface area (Å²) in [4.78, 5) is 13.4. The highest BCUT2D eigenvalue weighted by atomic mass is 16.4. The SMILES string of the molecule is Cc1cccc(N2CCCC(N)(C(=O)O)C2)c1C. The van der Waals surface area contributed by atoms with Gasteiger partial charge in [-0.3, -0.25) is 4.79 Å². The van der Waals surface area contributed by atoms with Gasteiger partial charge in [0.25, 0.3) is 0 Å². The summed E-state index contributed by atoms with van der Waals surface area (Å²) in [7, 11) is 0. The Balaban J connectivity index is 2.29. The zero-order chi connectivity index (χ0) is 13.3. The van der Waals surface area contributed by atoms with Crippen LogP contribution in [0.15, 0.2) is 18.2 Å². The number of hydrogen-bond acceptors (Lipinski definition) is 3. The minimum atomic E-state index is -1.12. The summed E-state index contributed by atoms with van der Waals surface area (Å²) < 4.78 is 0. The van der Waals surface area contributed by atoms with Crippen molar-refractivity contribution >= 4 is 11.7 Å². The standard InChI is InChI=1S/C14H20N2O2/c1-10-5-3-6-12(11(10)2)16-8-4-7-14(15,9-16)13(17)18/h3,5-6H,4,7-9,15H2,1-2H3,(H,17,18). The summed E-state index contributed by atoms with van der Waals surface area (Å²) in [6.45, 7) is 5.39. The van der Waals surface area contributed by atoms with Crippen molar-refractivity contribution in [2.75, 3.05) is 18.0 Å². The lowest BCUT2D eigenvalue weighted by molar-refractivity contribution is -0.143. The van der Waals surface area contributed by atoms with Crippen molar-refractivity contribution in [3.05, 3.63) is 29.3 Å². The second-order valence-corrected chi connectivity index (χ2v) is 5.21. The van der Waals surface area contributed by atoms with Crippen molar-refractivity contribution < 1.29 is 9.90 Å². The Morgan fingerprint density at radius 2 is 2.17 bits per heavy atom. The third-order valence-electron chi connectivity index (χ3n) is 3.87. The maximum absolute atomic E-state index is 11.3. The number of carboxylic acid groups (broad SMARTS) is 1. The monoisotopic (exact) mass is 248 g/mol. The maximum Gasteiger partial charge on any atom is 0.325 e. The Morgan fingerprint density at radius 3 is 2.83 bits per heavy atom. The number of hydrogen-bond donors (Lipinski definition) is 2. The lowest BCUT2D eigenvalue weighted by Gasteiger charge is -2.39. The molecule has 0 spiro atoms. The van der Waals surface area contributed by atoms with Gasteiger partial charge in [0.05, 0.1) is 0 Å². The Kier molecular flexibility index (Phi) is 3.30. The van der Waals surface area contributed by atoms with E-state index in [1.807, 2.05) is 12.1 Å². The minimum absolute atomic E-state index is 0.382. The van der Waals surface area contributed by atoms with E-state index in [2.05, 4.69) is 24.8 Å². The third kappa shape index (κ3) is 2.20. The molecule has 1 heterocycles. The fourth-order valence-corrected chi connectivity index (χ4v) is 2.54. The molecule has 1 aliphatic rings. The molecule has 18 heavy (non-hydrogen) atoms. The number of carboxylic acids is 1. The molecule has 1 fully saturated rings. The molecule has 0 radical (unpaired) electrons. The fraction of sp³-hybridized carbons (Fsp3) is 0.500. The summed E-state index contributed by atoms with van der Waals surface area (Å²) in [6, 6.07) is 6.11. The molecule has 4 nitrogen and oxygen atoms in total. The van der Waals surface area contributed by atoms with Crippen molar-refractivity contribution in [2.45, 2.75) is 32.2 Å². The third-order valence-corrected chi connectivity index (χ3v) is 3.87. The van der Waals surface area contributed by atoms with Crippen molar-refractivity contribution in [2.24, 2.45) is 5.73 Å². The fourth-order valence-electron chi connectivity index (χ4n) is 2.54. The van der Waals surface area contributed by atoms with Gasteiger partial charge in [0, 0.05) is 18.8 Å². The second kappa shape index (κ2) is 4.61. The first-order chi connectivity index (χ1) is 8.44. The highest BCUT2D eigenvalue weighted by Crippen LogP contribution is 2.28. The van der Waals surface area contributed by atoms with E-state index in [-0.39, 0.29) is 0 Å². The molecule has 2 rings (SSSR count). The molecule has 1 unspecified atom stereocenters. The molecule has 1 atom stereocenters. The van der Waals surface area contributed by atoms with Crippen LogP contribution in [0, 0.1) is 13.8 Å². The highest BCUT2D eigenvalue weighted by molar-refractivity contribution is 5.80. The number of aryl methyl sites for hydroxylation is 1. The van der Waals surface area contributed by atoms with Crippen LogP contribution < -0.4 is 10.6 Å². The van der Waals surface area contributed by atoms with Gasteiger partial charge in [0.1, 0.15) is 5.54 Å². The molecule has 1 saturated heterocycles. The summed E-state index contributed by atoms with van der Waals surface area (Å²) in [5.41, 5.74) is 8.38. The molecule has 0 aliphatic carbocycles. The molecule has 1 aromatic rings. The molecule has 0 bridgehead atoms. The van der Waals surface area contributed by atoms with Crippen LogP contribution in [0.2, 0.25) is 0 Å². The van der Waals surface area contributed by atoms with Crippen molar-refractivity contribution in [1.82, 2.24) is 0 Å². The van der Waals surface area contributed by atoms with Crippen LogP contribution in [0.1, 0.15) is 24.0 Å². The van der Waals surface area contributed by atoms with Gasteiger partial charge in [0.15, 0.2) is 0 Å². The van der Waals surface area contributed by atoms with Gasteiger partial charge in [0.2, 0.25) is 0 Å². The molecular weight excluding hydrogens is 228 g/mol. The van der Waals surface area contributed by atoms with Crippen LogP contribution in [-0.2, 0) is 4.79 Å². The van der Waals surface area contributed by atoms with E-state index < -0.39 is 11.5 Å². The van der Waals surface area contributed by atoms with Gasteiger partial charge in [-0.05, 0) is 43.9 Å². The topological polar surface area (TPSA) is 66.6 Å². The first kappa shape index (κ1) is 12.9. The van der Waals surface area contributed by atoms with Gasteiger partial charge in [-0.25, -0.2) is 0 Å². The first-order valence-corrected chi connectivity index (χ1v) is 6.27. The molecule has 0 aromatic heterocycles. The number of nitrogens with zero attached hydrogens (tertiary/aromatic N) is 1. The number of anilines is 1. The Bertz CT molecular complexity index is 473. The van der Waals surface area contributed by atoms with E-state index in [1.54, 1.807) is 0 Å². The Hall–Kier alpha value is -1.55. The maximum atomic E-state index is 11.3. The van der Waals surface area contributed by atoms with Crippen LogP contribution in [0.25, 0.3) is 0 Å². The lowest BCUT2D eigenvalue weighted by Crippen LogP contribution is -2.59. The summed E-state index contributed by atoms with van der Waals surface area (Å²) in [5, 5.41) is 9.23. The second-order valence-electron chi connectivity index (χ2n) is 5.21. The predicted molar refractivity (Wildman–Crippen MR) is 71.9 cm³/mol. The Morgan fingerprint density at radius 1 is 1.44 bits per heavy atom. The number of benzene rings is 1. The first-order valence-electron chi connectivity index (χ1n) is 6.27. The number of nitrogens with two attached hydrogens (primary N) is 1. The van der Waals surface area contributed by atoms with Gasteiger partial charge >= 0.3 is 5.97 Å². The predicted octanol–water partition coefficient (Wildman–Crippen LogP) is 1.69. The molecule has 1 aliphatic heterocycles. The van der Waals surface area contributed by atoms with Gasteiger partial charge in [-0.15, -0.1) is 0 Å². The number of piperidine rings is 1. The Labute approximate surface area is 107 Å². The van der Waals surface area contributed by atoms with Gasteiger partial charge in [-0.2, -0.15) is 0 Å². The van der Waals surface area contributed by atoms with Crippen molar-refractivity contribution in [3.63, 3.8) is 0 Å². The zero-order valence-corrected chi connectivity index (χ0v) is 10.9. The smallest absolute Gasteiger partial charge is 0.325 e. The number of rotatable bonds is 2. The zero-order valence-electron chi connectivity index (χ0n) is 10.9. The summed E-state index contributed by atoms with van der Waals surface area (Å²) in [5.74, 6) is -0.905. The molecule has 0 saturated carbocycles. The number of aliphatic carboxylic acids is 1. The van der Waals surface area contributed by atoms with E-state index in [4.69, 9.17) is 5.73 Å². The van der Waals surface area contributed by atoms with Crippen LogP contribution in [0.5, 0.6) is 0 Å². The molecule has 4 heteroatoms. The summed E-state index contributed by atoms with van der Waals surface area (Å²) >= 11 is 0. The van der Waals surface area contributed by atoms with E-state index in [9.17, 15) is 9.90 Å². The van der Waals surface area contributed by atoms with Gasteiger partial charge < -0.3 is 15.7 Å². The quantitative estimate of drug-likeness (QED) is 0.835. The van der Waals surface area contributed by atoms with E-state index in [0.29, 0.717) is 13.0 Å². The van der Waals surface area contributed by atoms with Crippen LogP contribution >= 0.6 is 0 Å². The van der Waals surface area contributed by atoms with Crippen molar-refractivity contribution in [3.8, 4) is 0 Å². The number of carbonyl (C=O) groups is 1. The molecular formula is C14H20N2O2. The lowest BCUT2D eigenvalue weighted by atomic mass is 9.89. The van der Waals surface area contributed by atoms with E-state index in [0.717, 1.165) is 18.7 Å². The van der Waals surface area contributed by atoms with E-state index in [1.165, 1.54) is 11.1 Å². The van der Waals surface area contributed by atoms with Gasteiger partial charge in [-0.1, -0.05) is 12.1 Å². The van der Waals surface area contributed by atoms with Crippen molar-refractivity contribution in [1.29, 1.82) is 0 Å². The average molecular weight is 248 g/mol. The normalized spacial score (nSPS) is 24.1. The van der Waals surface area contributed by atoms with Crippen LogP contribution in [0.4, 0.5) is 5.69 Å². The molecule has 3 N–H and O–H groups in total. The highest BCUT2D eigenvalue weighted by Gasteiger charge is 2.38. The average Bonchev–Trinajstić information content (AvgIpc) is 2.32. The summed E-state index contributed by atoms with van der Waals surface area (Å²) in [6.07, 6.45) is 1.36. The van der Waals surface area contributed by atoms with E-state index >= 15 is 0 Å². The largest absolute Gasteiger partial charge is 0.480 e.